The van der Waals surface area contributed by atoms with E-state index in [4.69, 9.17) is 0 Å². The van der Waals surface area contributed by atoms with Crippen LogP contribution in [0, 0.1) is 5.82 Å². The van der Waals surface area contributed by atoms with Gasteiger partial charge in [0.2, 0.25) is 0 Å². The quantitative estimate of drug-likeness (QED) is 0.689. The minimum Gasteiger partial charge on any atom is -0.255 e. The Bertz CT molecular complexity index is 723. The minimum absolute atomic E-state index is 0.294. The summed E-state index contributed by atoms with van der Waals surface area (Å²) < 4.78 is 13.8. The van der Waals surface area contributed by atoms with Gasteiger partial charge in [0.05, 0.1) is 11.4 Å². The zero-order valence-corrected chi connectivity index (χ0v) is 10.6. The first-order valence-corrected chi connectivity index (χ1v) is 6.29. The molecule has 2 aromatic heterocycles. The number of pyridine rings is 2. The summed E-state index contributed by atoms with van der Waals surface area (Å²) in [6, 6.07) is 12.7. The minimum atomic E-state index is -0.294. The second-order valence-corrected chi connectivity index (χ2v) is 4.38. The molecular weight excluding hydrogens is 239 g/mol. The summed E-state index contributed by atoms with van der Waals surface area (Å²) in [6.45, 7) is 2.06. The van der Waals surface area contributed by atoms with Crippen LogP contribution in [0.15, 0.2) is 48.7 Å². The summed E-state index contributed by atoms with van der Waals surface area (Å²) >= 11 is 0. The summed E-state index contributed by atoms with van der Waals surface area (Å²) in [7, 11) is 0. The van der Waals surface area contributed by atoms with E-state index in [2.05, 4.69) is 16.9 Å². The molecule has 0 saturated heterocycles. The van der Waals surface area contributed by atoms with Crippen LogP contribution in [0.2, 0.25) is 0 Å². The molecule has 0 radical (unpaired) electrons. The monoisotopic (exact) mass is 252 g/mol. The highest BCUT2D eigenvalue weighted by atomic mass is 19.1. The molecule has 0 bridgehead atoms. The topological polar surface area (TPSA) is 25.8 Å². The lowest BCUT2D eigenvalue weighted by Crippen LogP contribution is -1.96. The third-order valence-electron chi connectivity index (χ3n) is 3.16. The van der Waals surface area contributed by atoms with Crippen LogP contribution in [0.1, 0.15) is 12.5 Å². The van der Waals surface area contributed by atoms with Crippen LogP contribution in [-0.2, 0) is 6.42 Å². The van der Waals surface area contributed by atoms with E-state index in [9.17, 15) is 4.39 Å². The van der Waals surface area contributed by atoms with E-state index < -0.39 is 0 Å². The van der Waals surface area contributed by atoms with E-state index in [0.29, 0.717) is 5.52 Å². The smallest absolute Gasteiger partial charge is 0.149 e. The number of nitrogens with zero attached hydrogens (tertiary/aromatic N) is 2. The van der Waals surface area contributed by atoms with Gasteiger partial charge < -0.3 is 0 Å². The van der Waals surface area contributed by atoms with Crippen molar-refractivity contribution in [1.29, 1.82) is 0 Å². The Morgan fingerprint density at radius 2 is 2.00 bits per heavy atom. The third-order valence-corrected chi connectivity index (χ3v) is 3.16. The van der Waals surface area contributed by atoms with Gasteiger partial charge in [-0.3, -0.25) is 4.98 Å². The molecule has 19 heavy (non-hydrogen) atoms. The molecule has 2 heterocycles. The Morgan fingerprint density at radius 1 is 1.11 bits per heavy atom. The molecule has 0 spiro atoms. The van der Waals surface area contributed by atoms with Crippen LogP contribution in [0.5, 0.6) is 0 Å². The van der Waals surface area contributed by atoms with Gasteiger partial charge in [-0.15, -0.1) is 0 Å². The number of hydrogen-bond acceptors (Lipinski definition) is 2. The SMILES string of the molecule is CCc1cc2cccc(F)c2nc1-c1ccccn1. The van der Waals surface area contributed by atoms with E-state index in [1.807, 2.05) is 30.3 Å². The number of hydrogen-bond donors (Lipinski definition) is 0. The number of aryl methyl sites for hydroxylation is 1. The standard InChI is InChI=1S/C16H13FN2/c1-2-11-10-12-6-5-7-13(17)15(12)19-16(11)14-8-3-4-9-18-14/h3-10H,2H2,1H3. The van der Waals surface area contributed by atoms with E-state index in [1.165, 1.54) is 6.07 Å². The van der Waals surface area contributed by atoms with Crippen LogP contribution in [-0.4, -0.2) is 9.97 Å². The van der Waals surface area contributed by atoms with Crippen molar-refractivity contribution >= 4 is 10.9 Å². The Kier molecular flexibility index (Phi) is 2.95. The summed E-state index contributed by atoms with van der Waals surface area (Å²) in [5, 5.41) is 0.830. The number of benzene rings is 1. The molecule has 3 heteroatoms. The highest BCUT2D eigenvalue weighted by Gasteiger charge is 2.10. The summed E-state index contributed by atoms with van der Waals surface area (Å²) in [6.07, 6.45) is 2.56. The number of rotatable bonds is 2. The van der Waals surface area contributed by atoms with E-state index >= 15 is 0 Å². The summed E-state index contributed by atoms with van der Waals surface area (Å²) in [4.78, 5) is 8.79. The molecule has 94 valence electrons. The van der Waals surface area contributed by atoms with Gasteiger partial charge >= 0.3 is 0 Å². The molecule has 0 atom stereocenters. The van der Waals surface area contributed by atoms with Gasteiger partial charge in [-0.05, 0) is 36.2 Å². The van der Waals surface area contributed by atoms with Gasteiger partial charge in [-0.2, -0.15) is 0 Å². The molecule has 2 nitrogen and oxygen atoms in total. The van der Waals surface area contributed by atoms with Gasteiger partial charge in [0.1, 0.15) is 11.3 Å². The lowest BCUT2D eigenvalue weighted by atomic mass is 10.0. The molecule has 0 aliphatic carbocycles. The molecule has 0 fully saturated rings. The molecule has 3 rings (SSSR count). The highest BCUT2D eigenvalue weighted by molar-refractivity contribution is 5.83. The van der Waals surface area contributed by atoms with Crippen molar-refractivity contribution in [2.75, 3.05) is 0 Å². The lowest BCUT2D eigenvalue weighted by Gasteiger charge is -2.09. The van der Waals surface area contributed by atoms with Crippen molar-refractivity contribution in [1.82, 2.24) is 9.97 Å². The van der Waals surface area contributed by atoms with Crippen molar-refractivity contribution in [3.63, 3.8) is 0 Å². The Balaban J connectivity index is 2.32. The first-order chi connectivity index (χ1) is 9.29. The highest BCUT2D eigenvalue weighted by Crippen LogP contribution is 2.25. The maximum atomic E-state index is 13.8. The van der Waals surface area contributed by atoms with Crippen molar-refractivity contribution < 1.29 is 4.39 Å². The molecule has 0 N–H and O–H groups in total. The zero-order chi connectivity index (χ0) is 13.2. The van der Waals surface area contributed by atoms with Gasteiger partial charge in [0.25, 0.3) is 0 Å². The molecule has 0 aliphatic heterocycles. The number of fused-ring (bicyclic) bond motifs is 1. The second-order valence-electron chi connectivity index (χ2n) is 4.38. The Morgan fingerprint density at radius 3 is 2.74 bits per heavy atom. The Labute approximate surface area is 111 Å². The maximum Gasteiger partial charge on any atom is 0.149 e. The van der Waals surface area contributed by atoms with Crippen molar-refractivity contribution in [3.8, 4) is 11.4 Å². The predicted octanol–water partition coefficient (Wildman–Crippen LogP) is 4.00. The van der Waals surface area contributed by atoms with Gasteiger partial charge in [0.15, 0.2) is 0 Å². The molecule has 0 aliphatic rings. The second kappa shape index (κ2) is 4.76. The largest absolute Gasteiger partial charge is 0.255 e. The van der Waals surface area contributed by atoms with Crippen LogP contribution < -0.4 is 0 Å². The summed E-state index contributed by atoms with van der Waals surface area (Å²) in [5.41, 5.74) is 3.03. The lowest BCUT2D eigenvalue weighted by molar-refractivity contribution is 0.637. The van der Waals surface area contributed by atoms with E-state index in [0.717, 1.165) is 28.8 Å². The normalized spacial score (nSPS) is 10.8. The molecule has 0 amide bonds. The molecule has 3 aromatic rings. The van der Waals surface area contributed by atoms with Crippen molar-refractivity contribution in [2.24, 2.45) is 0 Å². The van der Waals surface area contributed by atoms with Crippen LogP contribution in [0.4, 0.5) is 4.39 Å². The van der Waals surface area contributed by atoms with Crippen LogP contribution >= 0.6 is 0 Å². The average molecular weight is 252 g/mol. The number of halogens is 1. The molecule has 0 saturated carbocycles. The zero-order valence-electron chi connectivity index (χ0n) is 10.6. The van der Waals surface area contributed by atoms with E-state index in [1.54, 1.807) is 12.3 Å². The summed E-state index contributed by atoms with van der Waals surface area (Å²) in [5.74, 6) is -0.294. The maximum absolute atomic E-state index is 13.8. The fourth-order valence-corrected chi connectivity index (χ4v) is 2.20. The first-order valence-electron chi connectivity index (χ1n) is 6.29. The molecule has 1 aromatic carbocycles. The number of para-hydroxylation sites is 1. The third kappa shape index (κ3) is 2.08. The van der Waals surface area contributed by atoms with Crippen LogP contribution in [0.3, 0.4) is 0 Å². The van der Waals surface area contributed by atoms with Crippen molar-refractivity contribution in [2.45, 2.75) is 13.3 Å². The molecular formula is C16H13FN2. The number of aromatic nitrogens is 2. The van der Waals surface area contributed by atoms with E-state index in [-0.39, 0.29) is 5.82 Å². The van der Waals surface area contributed by atoms with Gasteiger partial charge in [0, 0.05) is 11.6 Å². The Hall–Kier alpha value is -2.29. The van der Waals surface area contributed by atoms with Crippen molar-refractivity contribution in [3.05, 3.63) is 60.0 Å². The van der Waals surface area contributed by atoms with Gasteiger partial charge in [-0.25, -0.2) is 9.37 Å². The first kappa shape index (κ1) is 11.8. The van der Waals surface area contributed by atoms with Crippen LogP contribution in [0.25, 0.3) is 22.3 Å². The van der Waals surface area contributed by atoms with Gasteiger partial charge in [-0.1, -0.05) is 25.1 Å². The molecule has 0 unspecified atom stereocenters. The fraction of sp³-hybridized carbons (Fsp3) is 0.125. The average Bonchev–Trinajstić information content (AvgIpc) is 2.47. The predicted molar refractivity (Wildman–Crippen MR) is 74.3 cm³/mol. The fourth-order valence-electron chi connectivity index (χ4n) is 2.20.